The highest BCUT2D eigenvalue weighted by molar-refractivity contribution is 6.04. The zero-order valence-corrected chi connectivity index (χ0v) is 19.8. The first-order valence-electron chi connectivity index (χ1n) is 12.1. The van der Waals surface area contributed by atoms with Crippen LogP contribution in [0.3, 0.4) is 0 Å². The van der Waals surface area contributed by atoms with Crippen LogP contribution in [0.5, 0.6) is 0 Å². The molecule has 0 bridgehead atoms. The number of aryl methyl sites for hydroxylation is 1. The maximum Gasteiger partial charge on any atom is 0.182 e. The summed E-state index contributed by atoms with van der Waals surface area (Å²) in [5.74, 6) is 0.671. The average Bonchev–Trinajstić information content (AvgIpc) is 3.54. The summed E-state index contributed by atoms with van der Waals surface area (Å²) < 4.78 is 0. The van der Waals surface area contributed by atoms with Crippen molar-refractivity contribution < 1.29 is 0 Å². The number of nitrogens with zero attached hydrogens (tertiary/aromatic N) is 2. The highest BCUT2D eigenvalue weighted by Gasteiger charge is 2.54. The Morgan fingerprint density at radius 2 is 1.85 bits per heavy atom. The fraction of sp³-hybridized carbons (Fsp3) is 0.333. The van der Waals surface area contributed by atoms with Crippen LogP contribution in [0, 0.1) is 12.8 Å². The van der Waals surface area contributed by atoms with Crippen molar-refractivity contribution in [1.82, 2.24) is 9.71 Å². The molecule has 1 atom stereocenters. The van der Waals surface area contributed by atoms with Gasteiger partial charge in [-0.25, -0.2) is 0 Å². The van der Waals surface area contributed by atoms with Crippen LogP contribution in [0.4, 0.5) is 0 Å². The summed E-state index contributed by atoms with van der Waals surface area (Å²) in [5.41, 5.74) is 9.15. The minimum absolute atomic E-state index is 0.140. The first-order valence-corrected chi connectivity index (χ1v) is 12.1. The van der Waals surface area contributed by atoms with Gasteiger partial charge in [-0.3, -0.25) is 0 Å². The summed E-state index contributed by atoms with van der Waals surface area (Å²) in [4.78, 5) is 4.49. The van der Waals surface area contributed by atoms with Crippen LogP contribution >= 0.6 is 0 Å². The molecule has 1 saturated carbocycles. The van der Waals surface area contributed by atoms with Crippen LogP contribution in [0.25, 0.3) is 0 Å². The molecular formula is C30H33BN2. The Morgan fingerprint density at radius 1 is 1.12 bits per heavy atom. The molecule has 3 aliphatic rings. The molecule has 2 aromatic rings. The van der Waals surface area contributed by atoms with Crippen molar-refractivity contribution in [1.29, 1.82) is 0 Å². The van der Waals surface area contributed by atoms with Gasteiger partial charge in [0.15, 0.2) is 7.98 Å². The summed E-state index contributed by atoms with van der Waals surface area (Å²) in [5, 5.41) is 0. The van der Waals surface area contributed by atoms with Gasteiger partial charge in [0.2, 0.25) is 0 Å². The van der Waals surface area contributed by atoms with E-state index in [1.807, 2.05) is 23.0 Å². The molecule has 2 aliphatic heterocycles. The third-order valence-electron chi connectivity index (χ3n) is 7.66. The maximum absolute atomic E-state index is 5.83. The van der Waals surface area contributed by atoms with Crippen LogP contribution in [0.2, 0.25) is 0 Å². The molecule has 1 spiro atoms. The van der Waals surface area contributed by atoms with Crippen LogP contribution < -0.4 is 0 Å². The predicted octanol–water partition coefficient (Wildman–Crippen LogP) is 5.85. The van der Waals surface area contributed by atoms with Gasteiger partial charge in [-0.15, -0.1) is 0 Å². The van der Waals surface area contributed by atoms with Crippen LogP contribution in [0.1, 0.15) is 46.7 Å². The molecule has 2 fully saturated rings. The van der Waals surface area contributed by atoms with E-state index < -0.39 is 0 Å². The van der Waals surface area contributed by atoms with Crippen LogP contribution in [-0.4, -0.2) is 36.3 Å². The first-order chi connectivity index (χ1) is 15.9. The van der Waals surface area contributed by atoms with Gasteiger partial charge in [-0.1, -0.05) is 86.0 Å². The average molecular weight is 432 g/mol. The molecule has 2 radical (unpaired) electrons. The Kier molecular flexibility index (Phi) is 5.70. The van der Waals surface area contributed by atoms with E-state index in [4.69, 9.17) is 7.98 Å². The Bertz CT molecular complexity index is 1120. The quantitative estimate of drug-likeness (QED) is 0.400. The van der Waals surface area contributed by atoms with Crippen LogP contribution in [-0.2, 0) is 12.8 Å². The largest absolute Gasteiger partial charge is 0.354 e. The van der Waals surface area contributed by atoms with Crippen molar-refractivity contribution in [2.75, 3.05) is 13.1 Å². The lowest BCUT2D eigenvalue weighted by Crippen LogP contribution is -2.46. The molecule has 2 heterocycles. The lowest BCUT2D eigenvalue weighted by Gasteiger charge is -2.47. The van der Waals surface area contributed by atoms with E-state index >= 15 is 0 Å². The molecule has 2 aromatic carbocycles. The van der Waals surface area contributed by atoms with E-state index in [-0.39, 0.29) is 11.6 Å². The Hall–Kier alpha value is -2.78. The third-order valence-corrected chi connectivity index (χ3v) is 7.66. The van der Waals surface area contributed by atoms with E-state index in [0.717, 1.165) is 37.2 Å². The molecule has 1 saturated heterocycles. The normalized spacial score (nSPS) is 21.9. The number of hydrogen-bond donors (Lipinski definition) is 0. The molecule has 0 amide bonds. The molecular weight excluding hydrogens is 399 g/mol. The molecule has 3 heteroatoms. The summed E-state index contributed by atoms with van der Waals surface area (Å²) >= 11 is 0. The zero-order valence-electron chi connectivity index (χ0n) is 19.8. The van der Waals surface area contributed by atoms with E-state index in [1.54, 1.807) is 0 Å². The number of benzene rings is 2. The highest BCUT2D eigenvalue weighted by Crippen LogP contribution is 2.56. The SMILES string of the molecule is [B]N1CC(Cc2ccc(C3c4ccc(C)cc4CC4(CC4)N3C(=C)/C(C=C)=C/C=C)cc2)C1. The van der Waals surface area contributed by atoms with Gasteiger partial charge in [0.25, 0.3) is 0 Å². The van der Waals surface area contributed by atoms with Gasteiger partial charge in [-0.05, 0) is 79.4 Å². The minimum Gasteiger partial charge on any atom is -0.354 e. The zero-order chi connectivity index (χ0) is 23.2. The monoisotopic (exact) mass is 432 g/mol. The number of hydrogen-bond acceptors (Lipinski definition) is 2. The third kappa shape index (κ3) is 4.04. The Balaban J connectivity index is 1.55. The smallest absolute Gasteiger partial charge is 0.182 e. The molecule has 1 unspecified atom stereocenters. The Morgan fingerprint density at radius 3 is 2.45 bits per heavy atom. The van der Waals surface area contributed by atoms with Crippen molar-refractivity contribution in [3.63, 3.8) is 0 Å². The summed E-state index contributed by atoms with van der Waals surface area (Å²) in [6, 6.07) is 16.4. The predicted molar refractivity (Wildman–Crippen MR) is 139 cm³/mol. The lowest BCUT2D eigenvalue weighted by molar-refractivity contribution is 0.175. The van der Waals surface area contributed by atoms with E-state index in [2.05, 4.69) is 74.0 Å². The summed E-state index contributed by atoms with van der Waals surface area (Å²) in [6.07, 6.45) is 10.3. The van der Waals surface area contributed by atoms with Crippen LogP contribution in [0.15, 0.2) is 91.7 Å². The van der Waals surface area contributed by atoms with Gasteiger partial charge in [0.1, 0.15) is 0 Å². The molecule has 2 nitrogen and oxygen atoms in total. The number of rotatable bonds is 7. The molecule has 33 heavy (non-hydrogen) atoms. The standard InChI is InChI=1S/C30H33BN2/c1-5-7-25(6-2)22(4)33-29(26-11-9-23(10-12-26)17-24-19-32(31)20-24)28-13-8-21(3)16-27(28)18-30(33)14-15-30/h5-13,16,24,29H,1-2,4,14-15,17-20H2,3H3/b25-7+. The van der Waals surface area contributed by atoms with Crippen molar-refractivity contribution in [2.24, 2.45) is 5.92 Å². The second kappa shape index (κ2) is 8.54. The lowest BCUT2D eigenvalue weighted by atomic mass is 9.81. The van der Waals surface area contributed by atoms with Gasteiger partial charge in [0, 0.05) is 11.2 Å². The van der Waals surface area contributed by atoms with E-state index in [1.165, 1.54) is 40.7 Å². The van der Waals surface area contributed by atoms with E-state index in [0.29, 0.717) is 5.92 Å². The van der Waals surface area contributed by atoms with Gasteiger partial charge < -0.3 is 9.71 Å². The number of fused-ring (bicyclic) bond motifs is 1. The molecule has 166 valence electrons. The van der Waals surface area contributed by atoms with Gasteiger partial charge >= 0.3 is 0 Å². The summed E-state index contributed by atoms with van der Waals surface area (Å²) in [7, 11) is 5.83. The second-order valence-corrected chi connectivity index (χ2v) is 10.2. The molecule has 0 N–H and O–H groups in total. The fourth-order valence-corrected chi connectivity index (χ4v) is 5.80. The topological polar surface area (TPSA) is 6.48 Å². The van der Waals surface area contributed by atoms with Gasteiger partial charge in [-0.2, -0.15) is 0 Å². The van der Waals surface area contributed by atoms with Crippen molar-refractivity contribution in [3.05, 3.63) is 120 Å². The fourth-order valence-electron chi connectivity index (χ4n) is 5.80. The Labute approximate surface area is 200 Å². The molecule has 0 aromatic heterocycles. The number of allylic oxidation sites excluding steroid dienone is 3. The van der Waals surface area contributed by atoms with Crippen molar-refractivity contribution in [2.45, 2.75) is 44.2 Å². The molecule has 5 rings (SSSR count). The summed E-state index contributed by atoms with van der Waals surface area (Å²) in [6.45, 7) is 16.7. The van der Waals surface area contributed by atoms with Gasteiger partial charge in [0.05, 0.1) is 6.04 Å². The van der Waals surface area contributed by atoms with Crippen molar-refractivity contribution in [3.8, 4) is 0 Å². The second-order valence-electron chi connectivity index (χ2n) is 10.2. The highest BCUT2D eigenvalue weighted by atomic mass is 15.3. The molecule has 1 aliphatic carbocycles. The van der Waals surface area contributed by atoms with Crippen molar-refractivity contribution >= 4 is 7.98 Å². The minimum atomic E-state index is 0.140. The maximum atomic E-state index is 5.83. The first kappa shape index (κ1) is 22.0. The van der Waals surface area contributed by atoms with E-state index in [9.17, 15) is 0 Å².